The second kappa shape index (κ2) is 7.32. The SMILES string of the molecule is NCc1cc(S(=O)(=O)NCCCCC(N)=O)ccc1F. The molecule has 1 aromatic carbocycles. The van der Waals surface area contributed by atoms with E-state index in [1.54, 1.807) is 0 Å². The van der Waals surface area contributed by atoms with E-state index in [0.29, 0.717) is 12.8 Å². The molecule has 0 aromatic heterocycles. The lowest BCUT2D eigenvalue weighted by Crippen LogP contribution is -2.25. The summed E-state index contributed by atoms with van der Waals surface area (Å²) < 4.78 is 39.5. The number of sulfonamides is 1. The van der Waals surface area contributed by atoms with E-state index in [2.05, 4.69) is 4.72 Å². The average Bonchev–Trinajstić information content (AvgIpc) is 2.38. The molecular weight excluding hydrogens is 285 g/mol. The number of carbonyl (C=O) groups is 1. The molecule has 1 rings (SSSR count). The Morgan fingerprint density at radius 2 is 2.00 bits per heavy atom. The first-order chi connectivity index (χ1) is 9.36. The van der Waals surface area contributed by atoms with Crippen molar-refractivity contribution in [1.82, 2.24) is 4.72 Å². The first kappa shape index (κ1) is 16.5. The van der Waals surface area contributed by atoms with E-state index in [1.807, 2.05) is 0 Å². The molecule has 6 nitrogen and oxygen atoms in total. The third kappa shape index (κ3) is 4.87. The Labute approximate surface area is 117 Å². The highest BCUT2D eigenvalue weighted by atomic mass is 32.2. The zero-order valence-corrected chi connectivity index (χ0v) is 11.7. The van der Waals surface area contributed by atoms with E-state index in [-0.39, 0.29) is 30.0 Å². The van der Waals surface area contributed by atoms with Gasteiger partial charge in [-0.15, -0.1) is 0 Å². The molecule has 20 heavy (non-hydrogen) atoms. The molecule has 0 aliphatic rings. The summed E-state index contributed by atoms with van der Waals surface area (Å²) >= 11 is 0. The van der Waals surface area contributed by atoms with Crippen LogP contribution in [0.3, 0.4) is 0 Å². The van der Waals surface area contributed by atoms with E-state index >= 15 is 0 Å². The van der Waals surface area contributed by atoms with Crippen molar-refractivity contribution >= 4 is 15.9 Å². The van der Waals surface area contributed by atoms with Crippen molar-refractivity contribution in [3.8, 4) is 0 Å². The summed E-state index contributed by atoms with van der Waals surface area (Å²) in [6, 6.07) is 3.46. The Morgan fingerprint density at radius 3 is 2.60 bits per heavy atom. The molecule has 0 aliphatic heterocycles. The van der Waals surface area contributed by atoms with E-state index in [1.165, 1.54) is 12.1 Å². The van der Waals surface area contributed by atoms with Crippen LogP contribution in [-0.2, 0) is 21.4 Å². The van der Waals surface area contributed by atoms with E-state index in [0.717, 1.165) is 6.07 Å². The molecule has 0 radical (unpaired) electrons. The maximum Gasteiger partial charge on any atom is 0.240 e. The van der Waals surface area contributed by atoms with Crippen LogP contribution in [0.25, 0.3) is 0 Å². The van der Waals surface area contributed by atoms with Crippen molar-refractivity contribution in [2.24, 2.45) is 11.5 Å². The molecular formula is C12H18FN3O3S. The van der Waals surface area contributed by atoms with Crippen LogP contribution >= 0.6 is 0 Å². The third-order valence-electron chi connectivity index (χ3n) is 2.69. The van der Waals surface area contributed by atoms with E-state index in [4.69, 9.17) is 11.5 Å². The van der Waals surface area contributed by atoms with Gasteiger partial charge in [0.05, 0.1) is 4.90 Å². The minimum absolute atomic E-state index is 0.0331. The molecule has 1 aromatic rings. The molecule has 8 heteroatoms. The number of hydrogen-bond acceptors (Lipinski definition) is 4. The summed E-state index contributed by atoms with van der Waals surface area (Å²) in [4.78, 5) is 10.5. The van der Waals surface area contributed by atoms with Crippen LogP contribution in [0.2, 0.25) is 0 Å². The van der Waals surface area contributed by atoms with Gasteiger partial charge in [0.15, 0.2) is 0 Å². The lowest BCUT2D eigenvalue weighted by molar-refractivity contribution is -0.118. The van der Waals surface area contributed by atoms with Gasteiger partial charge < -0.3 is 11.5 Å². The van der Waals surface area contributed by atoms with Gasteiger partial charge in [0.2, 0.25) is 15.9 Å². The van der Waals surface area contributed by atoms with Crippen molar-refractivity contribution in [3.63, 3.8) is 0 Å². The van der Waals surface area contributed by atoms with Gasteiger partial charge in [-0.25, -0.2) is 17.5 Å². The Hall–Kier alpha value is -1.51. The molecule has 1 amide bonds. The van der Waals surface area contributed by atoms with Gasteiger partial charge in [-0.2, -0.15) is 0 Å². The Balaban J connectivity index is 2.62. The number of primary amides is 1. The number of carbonyl (C=O) groups excluding carboxylic acids is 1. The predicted molar refractivity (Wildman–Crippen MR) is 72.5 cm³/mol. The van der Waals surface area contributed by atoms with E-state index < -0.39 is 21.7 Å². The quantitative estimate of drug-likeness (QED) is 0.596. The molecule has 0 aliphatic carbocycles. The molecule has 0 spiro atoms. The Bertz CT molecular complexity index is 575. The summed E-state index contributed by atoms with van der Waals surface area (Å²) in [5, 5.41) is 0. The number of hydrogen-bond donors (Lipinski definition) is 3. The Morgan fingerprint density at radius 1 is 1.30 bits per heavy atom. The molecule has 0 saturated carbocycles. The van der Waals surface area contributed by atoms with Gasteiger partial charge in [-0.1, -0.05) is 0 Å². The van der Waals surface area contributed by atoms with Gasteiger partial charge in [0.1, 0.15) is 5.82 Å². The monoisotopic (exact) mass is 303 g/mol. The molecule has 0 fully saturated rings. The van der Waals surface area contributed by atoms with Crippen LogP contribution in [0, 0.1) is 5.82 Å². The Kier molecular flexibility index (Phi) is 6.05. The molecule has 112 valence electrons. The number of nitrogens with one attached hydrogen (secondary N) is 1. The van der Waals surface area contributed by atoms with Crippen LogP contribution in [-0.4, -0.2) is 20.9 Å². The molecule has 0 saturated heterocycles. The number of rotatable bonds is 8. The van der Waals surface area contributed by atoms with Crippen LogP contribution in [0.1, 0.15) is 24.8 Å². The topological polar surface area (TPSA) is 115 Å². The molecule has 0 atom stereocenters. The minimum Gasteiger partial charge on any atom is -0.370 e. The van der Waals surface area contributed by atoms with Crippen LogP contribution in [0.4, 0.5) is 4.39 Å². The second-order valence-electron chi connectivity index (χ2n) is 4.28. The molecule has 0 unspecified atom stereocenters. The van der Waals surface area contributed by atoms with Crippen LogP contribution < -0.4 is 16.2 Å². The first-order valence-corrected chi connectivity index (χ1v) is 7.61. The number of halogens is 1. The van der Waals surface area contributed by atoms with Gasteiger partial charge >= 0.3 is 0 Å². The van der Waals surface area contributed by atoms with Gasteiger partial charge in [-0.05, 0) is 31.0 Å². The summed E-state index contributed by atoms with van der Waals surface area (Å²) in [6.45, 7) is 0.110. The minimum atomic E-state index is -3.70. The van der Waals surface area contributed by atoms with Crippen molar-refractivity contribution in [2.45, 2.75) is 30.7 Å². The lowest BCUT2D eigenvalue weighted by Gasteiger charge is -2.08. The highest BCUT2D eigenvalue weighted by Crippen LogP contribution is 2.14. The molecule has 5 N–H and O–H groups in total. The van der Waals surface area contributed by atoms with Crippen LogP contribution in [0.5, 0.6) is 0 Å². The van der Waals surface area contributed by atoms with E-state index in [9.17, 15) is 17.6 Å². The molecule has 0 heterocycles. The van der Waals surface area contributed by atoms with Crippen LogP contribution in [0.15, 0.2) is 23.1 Å². The van der Waals surface area contributed by atoms with Gasteiger partial charge in [-0.3, -0.25) is 4.79 Å². The largest absolute Gasteiger partial charge is 0.370 e. The second-order valence-corrected chi connectivity index (χ2v) is 6.05. The number of unbranched alkanes of at least 4 members (excludes halogenated alkanes) is 1. The predicted octanol–water partition coefficient (Wildman–Crippen LogP) is 0.218. The summed E-state index contributed by atoms with van der Waals surface area (Å²) in [7, 11) is -3.70. The standard InChI is InChI=1S/C12H18FN3O3S/c13-11-5-4-10(7-9(11)8-14)20(18,19)16-6-2-1-3-12(15)17/h4-5,7,16H,1-3,6,8,14H2,(H2,15,17). The van der Waals surface area contributed by atoms with Crippen molar-refractivity contribution in [2.75, 3.05) is 6.54 Å². The van der Waals surface area contributed by atoms with Crippen molar-refractivity contribution in [3.05, 3.63) is 29.6 Å². The first-order valence-electron chi connectivity index (χ1n) is 6.13. The highest BCUT2D eigenvalue weighted by molar-refractivity contribution is 7.89. The fourth-order valence-electron chi connectivity index (χ4n) is 1.59. The molecule has 0 bridgehead atoms. The van der Waals surface area contributed by atoms with Crippen molar-refractivity contribution < 1.29 is 17.6 Å². The van der Waals surface area contributed by atoms with Crippen molar-refractivity contribution in [1.29, 1.82) is 0 Å². The summed E-state index contributed by atoms with van der Waals surface area (Å²) in [5.41, 5.74) is 10.4. The average molecular weight is 303 g/mol. The zero-order chi connectivity index (χ0) is 15.2. The number of benzene rings is 1. The highest BCUT2D eigenvalue weighted by Gasteiger charge is 2.15. The summed E-state index contributed by atoms with van der Waals surface area (Å²) in [5.74, 6) is -0.952. The maximum absolute atomic E-state index is 13.2. The maximum atomic E-state index is 13.2. The normalized spacial score (nSPS) is 11.5. The lowest BCUT2D eigenvalue weighted by atomic mass is 10.2. The zero-order valence-electron chi connectivity index (χ0n) is 10.9. The fourth-order valence-corrected chi connectivity index (χ4v) is 2.71. The summed E-state index contributed by atoms with van der Waals surface area (Å²) in [6.07, 6.45) is 1.22. The third-order valence-corrected chi connectivity index (χ3v) is 4.15. The fraction of sp³-hybridized carbons (Fsp3) is 0.417. The number of nitrogens with two attached hydrogens (primary N) is 2. The smallest absolute Gasteiger partial charge is 0.240 e. The van der Waals surface area contributed by atoms with Gasteiger partial charge in [0.25, 0.3) is 0 Å². The van der Waals surface area contributed by atoms with Gasteiger partial charge in [0, 0.05) is 25.1 Å². The number of amides is 1.